The van der Waals surface area contributed by atoms with Crippen molar-refractivity contribution in [3.05, 3.63) is 53.6 Å². The van der Waals surface area contributed by atoms with Crippen molar-refractivity contribution < 1.29 is 9.90 Å². The van der Waals surface area contributed by atoms with Gasteiger partial charge in [0.15, 0.2) is 0 Å². The fraction of sp³-hybridized carbons (Fsp3) is 0.0833. The molecular weight excluding hydrogens is 176 g/mol. The van der Waals surface area contributed by atoms with Crippen LogP contribution in [0.15, 0.2) is 42.5 Å². The number of benzene rings is 1. The zero-order chi connectivity index (χ0) is 10.6. The number of carbonyl (C=O) groups is 1. The Morgan fingerprint density at radius 2 is 1.93 bits per heavy atom. The quantitative estimate of drug-likeness (QED) is 0.584. The maximum absolute atomic E-state index is 10.4. The van der Waals surface area contributed by atoms with Crippen LogP contribution in [0.3, 0.4) is 0 Å². The predicted molar refractivity (Wildman–Crippen MR) is 57.0 cm³/mol. The molecule has 1 rings (SSSR count). The Balaban J connectivity index is 2.74. The lowest BCUT2D eigenvalue weighted by Gasteiger charge is -1.94. The number of aliphatic carboxylic acids is 1. The highest BCUT2D eigenvalue weighted by Gasteiger charge is 1.97. The van der Waals surface area contributed by atoms with Crippen LogP contribution in [0.4, 0.5) is 0 Å². The van der Waals surface area contributed by atoms with Crippen molar-refractivity contribution in [2.75, 3.05) is 0 Å². The van der Waals surface area contributed by atoms with Crippen LogP contribution < -0.4 is 0 Å². The normalized spacial score (nSPS) is 10.4. The minimum atomic E-state index is -0.992. The van der Waals surface area contributed by atoms with Crippen molar-refractivity contribution in [2.24, 2.45) is 0 Å². The van der Waals surface area contributed by atoms with E-state index in [4.69, 9.17) is 5.11 Å². The molecule has 0 aliphatic heterocycles. The van der Waals surface area contributed by atoms with Crippen LogP contribution in [-0.4, -0.2) is 11.1 Å². The van der Waals surface area contributed by atoms with Gasteiger partial charge >= 0.3 is 5.97 Å². The molecule has 0 atom stereocenters. The Hall–Kier alpha value is -1.83. The second-order valence-electron chi connectivity index (χ2n) is 3.07. The van der Waals surface area contributed by atoms with Gasteiger partial charge in [-0.2, -0.15) is 0 Å². The maximum atomic E-state index is 10.4. The molecule has 2 nitrogen and oxygen atoms in total. The third-order valence-corrected chi connectivity index (χ3v) is 1.83. The zero-order valence-corrected chi connectivity index (χ0v) is 8.03. The Labute approximate surface area is 83.2 Å². The molecule has 0 saturated heterocycles. The summed E-state index contributed by atoms with van der Waals surface area (Å²) in [5, 5.41) is 8.55. The molecule has 0 amide bonds. The first-order valence-electron chi connectivity index (χ1n) is 4.26. The minimum absolute atomic E-state index is 0.0885. The first kappa shape index (κ1) is 10.3. The molecule has 0 unspecified atom stereocenters. The van der Waals surface area contributed by atoms with Crippen LogP contribution in [0.25, 0.3) is 6.08 Å². The fourth-order valence-electron chi connectivity index (χ4n) is 0.946. The summed E-state index contributed by atoms with van der Waals surface area (Å²) in [7, 11) is 0. The van der Waals surface area contributed by atoms with Crippen LogP contribution in [0.2, 0.25) is 0 Å². The van der Waals surface area contributed by atoms with Crippen LogP contribution in [0, 0.1) is 6.92 Å². The van der Waals surface area contributed by atoms with Gasteiger partial charge in [0.1, 0.15) is 0 Å². The number of aryl methyl sites for hydroxylation is 1. The molecule has 0 heterocycles. The van der Waals surface area contributed by atoms with Gasteiger partial charge in [-0.3, -0.25) is 0 Å². The standard InChI is InChI=1S/C12H12O2/c1-9-3-6-11(7-4-9)8-5-10(2)12(13)14/h3-8H,2H2,1H3,(H,13,14). The second kappa shape index (κ2) is 4.42. The van der Waals surface area contributed by atoms with Crippen LogP contribution >= 0.6 is 0 Å². The van der Waals surface area contributed by atoms with E-state index in [9.17, 15) is 4.79 Å². The summed E-state index contributed by atoms with van der Waals surface area (Å²) in [5.41, 5.74) is 2.24. The van der Waals surface area contributed by atoms with E-state index >= 15 is 0 Å². The molecule has 0 fully saturated rings. The van der Waals surface area contributed by atoms with E-state index in [1.807, 2.05) is 31.2 Å². The Kier molecular flexibility index (Phi) is 3.24. The molecule has 0 aliphatic carbocycles. The van der Waals surface area contributed by atoms with Gasteiger partial charge in [-0.1, -0.05) is 42.5 Å². The van der Waals surface area contributed by atoms with E-state index in [-0.39, 0.29) is 5.57 Å². The maximum Gasteiger partial charge on any atom is 0.335 e. The summed E-state index contributed by atoms with van der Waals surface area (Å²) in [4.78, 5) is 10.4. The molecule has 0 aliphatic rings. The van der Waals surface area contributed by atoms with Gasteiger partial charge < -0.3 is 5.11 Å². The van der Waals surface area contributed by atoms with E-state index in [1.165, 1.54) is 11.6 Å². The van der Waals surface area contributed by atoms with E-state index in [1.54, 1.807) is 6.08 Å². The van der Waals surface area contributed by atoms with Crippen LogP contribution in [0.5, 0.6) is 0 Å². The summed E-state index contributed by atoms with van der Waals surface area (Å²) < 4.78 is 0. The molecule has 1 aromatic carbocycles. The average Bonchev–Trinajstić information content (AvgIpc) is 2.16. The highest BCUT2D eigenvalue weighted by molar-refractivity contribution is 5.90. The smallest absolute Gasteiger partial charge is 0.335 e. The lowest BCUT2D eigenvalue weighted by molar-refractivity contribution is -0.132. The predicted octanol–water partition coefficient (Wildman–Crippen LogP) is 2.65. The number of hydrogen-bond donors (Lipinski definition) is 1. The largest absolute Gasteiger partial charge is 0.478 e. The Bertz CT molecular complexity index is 372. The zero-order valence-electron chi connectivity index (χ0n) is 8.03. The molecular formula is C12H12O2. The molecule has 0 radical (unpaired) electrons. The molecule has 0 spiro atoms. The molecule has 2 heteroatoms. The number of carboxylic acids is 1. The summed E-state index contributed by atoms with van der Waals surface area (Å²) in [5.74, 6) is -0.992. The van der Waals surface area contributed by atoms with Crippen LogP contribution in [0.1, 0.15) is 11.1 Å². The van der Waals surface area contributed by atoms with Gasteiger partial charge in [0.2, 0.25) is 0 Å². The third kappa shape index (κ3) is 2.90. The van der Waals surface area contributed by atoms with Crippen molar-refractivity contribution in [1.82, 2.24) is 0 Å². The van der Waals surface area contributed by atoms with E-state index < -0.39 is 5.97 Å². The number of rotatable bonds is 3. The highest BCUT2D eigenvalue weighted by Crippen LogP contribution is 2.06. The van der Waals surface area contributed by atoms with Gasteiger partial charge in [-0.25, -0.2) is 4.79 Å². The molecule has 1 aromatic rings. The van der Waals surface area contributed by atoms with Gasteiger partial charge in [-0.05, 0) is 18.6 Å². The SMILES string of the molecule is C=C(C=Cc1ccc(C)cc1)C(=O)O. The van der Waals surface area contributed by atoms with Crippen molar-refractivity contribution in [1.29, 1.82) is 0 Å². The third-order valence-electron chi connectivity index (χ3n) is 1.83. The number of hydrogen-bond acceptors (Lipinski definition) is 1. The summed E-state index contributed by atoms with van der Waals surface area (Å²) >= 11 is 0. The minimum Gasteiger partial charge on any atom is -0.478 e. The van der Waals surface area contributed by atoms with Gasteiger partial charge in [0, 0.05) is 0 Å². The van der Waals surface area contributed by atoms with Gasteiger partial charge in [-0.15, -0.1) is 0 Å². The highest BCUT2D eigenvalue weighted by atomic mass is 16.4. The van der Waals surface area contributed by atoms with Gasteiger partial charge in [0.05, 0.1) is 5.57 Å². The Morgan fingerprint density at radius 3 is 2.43 bits per heavy atom. The molecule has 0 aromatic heterocycles. The summed E-state index contributed by atoms with van der Waals surface area (Å²) in [6.07, 6.45) is 3.23. The van der Waals surface area contributed by atoms with Crippen LogP contribution in [-0.2, 0) is 4.79 Å². The van der Waals surface area contributed by atoms with Crippen molar-refractivity contribution in [2.45, 2.75) is 6.92 Å². The lowest BCUT2D eigenvalue weighted by Crippen LogP contribution is -1.94. The monoisotopic (exact) mass is 188 g/mol. The fourth-order valence-corrected chi connectivity index (χ4v) is 0.946. The molecule has 14 heavy (non-hydrogen) atoms. The lowest BCUT2D eigenvalue weighted by atomic mass is 10.1. The van der Waals surface area contributed by atoms with Crippen molar-refractivity contribution in [3.63, 3.8) is 0 Å². The topological polar surface area (TPSA) is 37.3 Å². The molecule has 1 N–H and O–H groups in total. The molecule has 0 bridgehead atoms. The summed E-state index contributed by atoms with van der Waals surface area (Å²) in [6, 6.07) is 7.81. The van der Waals surface area contributed by atoms with E-state index in [0.717, 1.165) is 5.56 Å². The van der Waals surface area contributed by atoms with Crippen molar-refractivity contribution in [3.8, 4) is 0 Å². The second-order valence-corrected chi connectivity index (χ2v) is 3.07. The first-order valence-corrected chi connectivity index (χ1v) is 4.26. The van der Waals surface area contributed by atoms with E-state index in [0.29, 0.717) is 0 Å². The Morgan fingerprint density at radius 1 is 1.36 bits per heavy atom. The summed E-state index contributed by atoms with van der Waals surface area (Å²) in [6.45, 7) is 5.40. The van der Waals surface area contributed by atoms with E-state index in [2.05, 4.69) is 6.58 Å². The molecule has 72 valence electrons. The molecule has 0 saturated carbocycles. The number of carboxylic acid groups (broad SMARTS) is 1. The van der Waals surface area contributed by atoms with Gasteiger partial charge in [0.25, 0.3) is 0 Å². The van der Waals surface area contributed by atoms with Crippen molar-refractivity contribution >= 4 is 12.0 Å². The first-order chi connectivity index (χ1) is 6.59. The average molecular weight is 188 g/mol.